The minimum Gasteiger partial charge on any atom is -0.377 e. The van der Waals surface area contributed by atoms with E-state index in [2.05, 4.69) is 20.9 Å². The molecule has 2 aliphatic heterocycles. The predicted octanol–water partition coefficient (Wildman–Crippen LogP) is 0.0291. The van der Waals surface area contributed by atoms with Crippen LogP contribution in [0.4, 0.5) is 4.39 Å². The summed E-state index contributed by atoms with van der Waals surface area (Å²) in [6.45, 7) is 3.21. The van der Waals surface area contributed by atoms with Crippen LogP contribution in [0.25, 0.3) is 0 Å². The maximum Gasteiger partial charge on any atom is 0.141 e. The molecule has 1 aromatic heterocycles. The summed E-state index contributed by atoms with van der Waals surface area (Å²) in [7, 11) is 0. The van der Waals surface area contributed by atoms with Crippen molar-refractivity contribution in [3.05, 3.63) is 11.9 Å². The molecule has 106 valence electrons. The average Bonchev–Trinajstić information content (AvgIpc) is 3.06. The fourth-order valence-corrected chi connectivity index (χ4v) is 2.69. The summed E-state index contributed by atoms with van der Waals surface area (Å²) in [6.07, 6.45) is 3.10. The third-order valence-corrected chi connectivity index (χ3v) is 3.82. The summed E-state index contributed by atoms with van der Waals surface area (Å²) in [4.78, 5) is 0. The van der Waals surface area contributed by atoms with Gasteiger partial charge in [0.2, 0.25) is 0 Å². The van der Waals surface area contributed by atoms with E-state index in [1.165, 1.54) is 0 Å². The third kappa shape index (κ3) is 2.93. The predicted molar refractivity (Wildman–Crippen MR) is 67.5 cm³/mol. The molecular formula is C12H20FN5O. The highest BCUT2D eigenvalue weighted by Gasteiger charge is 2.28. The molecule has 3 heterocycles. The number of nitrogens with one attached hydrogen (secondary N) is 2. The summed E-state index contributed by atoms with van der Waals surface area (Å²) in [5.41, 5.74) is 1.01. The molecule has 6 nitrogen and oxygen atoms in total. The minimum absolute atomic E-state index is 0.196. The smallest absolute Gasteiger partial charge is 0.141 e. The first kappa shape index (κ1) is 13.0. The second-order valence-electron chi connectivity index (χ2n) is 5.21. The van der Waals surface area contributed by atoms with Gasteiger partial charge in [0.1, 0.15) is 6.17 Å². The van der Waals surface area contributed by atoms with Gasteiger partial charge >= 0.3 is 0 Å². The molecular weight excluding hydrogens is 249 g/mol. The molecule has 2 fully saturated rings. The molecule has 3 atom stereocenters. The molecule has 0 aromatic carbocycles. The second kappa shape index (κ2) is 5.94. The van der Waals surface area contributed by atoms with Crippen LogP contribution in [-0.4, -0.2) is 53.5 Å². The molecule has 19 heavy (non-hydrogen) atoms. The zero-order chi connectivity index (χ0) is 13.1. The molecule has 2 aliphatic rings. The molecule has 7 heteroatoms. The highest BCUT2D eigenvalue weighted by atomic mass is 19.1. The van der Waals surface area contributed by atoms with E-state index in [4.69, 9.17) is 4.74 Å². The van der Waals surface area contributed by atoms with Gasteiger partial charge in [-0.15, -0.1) is 5.10 Å². The van der Waals surface area contributed by atoms with Crippen molar-refractivity contribution in [1.29, 1.82) is 0 Å². The number of nitrogens with zero attached hydrogens (tertiary/aromatic N) is 3. The first-order chi connectivity index (χ1) is 9.34. The summed E-state index contributed by atoms with van der Waals surface area (Å²) in [5.74, 6) is 0. The number of aromatic nitrogens is 3. The van der Waals surface area contributed by atoms with E-state index >= 15 is 0 Å². The molecule has 2 N–H and O–H groups in total. The van der Waals surface area contributed by atoms with E-state index in [0.717, 1.165) is 31.6 Å². The third-order valence-electron chi connectivity index (χ3n) is 3.82. The lowest BCUT2D eigenvalue weighted by atomic mass is 10.1. The minimum atomic E-state index is -0.916. The summed E-state index contributed by atoms with van der Waals surface area (Å²) >= 11 is 0. The molecule has 3 rings (SSSR count). The van der Waals surface area contributed by atoms with E-state index in [9.17, 15) is 4.39 Å². The number of ether oxygens (including phenoxy) is 1. The van der Waals surface area contributed by atoms with Gasteiger partial charge in [-0.05, 0) is 19.4 Å². The SMILES string of the molecule is F[C@@H]1COC[C@@H]1NCc1cnnn1C1CCCNC1. The van der Waals surface area contributed by atoms with Crippen molar-refractivity contribution >= 4 is 0 Å². The number of halogens is 1. The summed E-state index contributed by atoms with van der Waals surface area (Å²) in [6, 6.07) is 0.141. The number of hydrogen-bond donors (Lipinski definition) is 2. The number of piperidine rings is 1. The van der Waals surface area contributed by atoms with Crippen molar-refractivity contribution in [2.75, 3.05) is 26.3 Å². The Bertz CT molecular complexity index is 407. The standard InChI is InChI=1S/C12H20FN5O/c13-11-7-19-8-12(11)15-5-10-6-16-17-18(10)9-2-1-3-14-4-9/h6,9,11-12,14-15H,1-5,7-8H2/t9?,11-,12+/m1/s1. The Morgan fingerprint density at radius 2 is 2.47 bits per heavy atom. The van der Waals surface area contributed by atoms with Crippen LogP contribution in [0.2, 0.25) is 0 Å². The molecule has 0 bridgehead atoms. The first-order valence-electron chi connectivity index (χ1n) is 6.89. The zero-order valence-corrected chi connectivity index (χ0v) is 10.9. The van der Waals surface area contributed by atoms with Gasteiger partial charge in [0.15, 0.2) is 0 Å². The van der Waals surface area contributed by atoms with Crippen LogP contribution in [0.1, 0.15) is 24.6 Å². The van der Waals surface area contributed by atoms with Gasteiger partial charge in [-0.3, -0.25) is 0 Å². The topological polar surface area (TPSA) is 64.0 Å². The maximum absolute atomic E-state index is 13.4. The van der Waals surface area contributed by atoms with E-state index in [-0.39, 0.29) is 12.6 Å². The quantitative estimate of drug-likeness (QED) is 0.807. The Morgan fingerprint density at radius 3 is 3.21 bits per heavy atom. The molecule has 0 saturated carbocycles. The second-order valence-corrected chi connectivity index (χ2v) is 5.21. The molecule has 1 unspecified atom stereocenters. The normalized spacial score (nSPS) is 31.7. The Hall–Kier alpha value is -1.05. The highest BCUT2D eigenvalue weighted by Crippen LogP contribution is 2.17. The largest absolute Gasteiger partial charge is 0.377 e. The molecule has 1 aromatic rings. The monoisotopic (exact) mass is 269 g/mol. The Labute approximate surface area is 111 Å². The van der Waals surface area contributed by atoms with Crippen molar-refractivity contribution < 1.29 is 9.13 Å². The fraction of sp³-hybridized carbons (Fsp3) is 0.833. The van der Waals surface area contributed by atoms with Crippen molar-refractivity contribution in [3.63, 3.8) is 0 Å². The van der Waals surface area contributed by atoms with Gasteiger partial charge in [-0.1, -0.05) is 5.21 Å². The molecule has 0 aliphatic carbocycles. The van der Waals surface area contributed by atoms with Gasteiger partial charge in [-0.25, -0.2) is 9.07 Å². The lowest BCUT2D eigenvalue weighted by molar-refractivity contribution is 0.172. The van der Waals surface area contributed by atoms with E-state index in [0.29, 0.717) is 19.2 Å². The summed E-state index contributed by atoms with van der Waals surface area (Å²) < 4.78 is 20.5. The van der Waals surface area contributed by atoms with Crippen LogP contribution in [0.5, 0.6) is 0 Å². The average molecular weight is 269 g/mol. The number of rotatable bonds is 4. The van der Waals surface area contributed by atoms with Crippen molar-refractivity contribution in [2.45, 2.75) is 37.6 Å². The molecule has 2 saturated heterocycles. The van der Waals surface area contributed by atoms with Crippen molar-refractivity contribution in [2.24, 2.45) is 0 Å². The van der Waals surface area contributed by atoms with E-state index in [1.807, 2.05) is 4.68 Å². The van der Waals surface area contributed by atoms with Crippen LogP contribution in [0, 0.1) is 0 Å². The maximum atomic E-state index is 13.4. The van der Waals surface area contributed by atoms with E-state index in [1.54, 1.807) is 6.20 Å². The fourth-order valence-electron chi connectivity index (χ4n) is 2.69. The van der Waals surface area contributed by atoms with Crippen LogP contribution >= 0.6 is 0 Å². The van der Waals surface area contributed by atoms with E-state index < -0.39 is 6.17 Å². The Kier molecular flexibility index (Phi) is 4.05. The molecule has 0 radical (unpaired) electrons. The van der Waals surface area contributed by atoms with Crippen LogP contribution in [0.3, 0.4) is 0 Å². The van der Waals surface area contributed by atoms with Gasteiger partial charge < -0.3 is 15.4 Å². The highest BCUT2D eigenvalue weighted by molar-refractivity contribution is 4.98. The molecule has 0 amide bonds. The van der Waals surface area contributed by atoms with Gasteiger partial charge in [0.25, 0.3) is 0 Å². The van der Waals surface area contributed by atoms with Crippen molar-refractivity contribution in [3.8, 4) is 0 Å². The lowest BCUT2D eigenvalue weighted by Crippen LogP contribution is -2.38. The first-order valence-corrected chi connectivity index (χ1v) is 6.89. The Morgan fingerprint density at radius 1 is 1.53 bits per heavy atom. The van der Waals surface area contributed by atoms with Crippen LogP contribution in [0.15, 0.2) is 6.20 Å². The number of hydrogen-bond acceptors (Lipinski definition) is 5. The van der Waals surface area contributed by atoms with Crippen LogP contribution in [-0.2, 0) is 11.3 Å². The number of alkyl halides is 1. The zero-order valence-electron chi connectivity index (χ0n) is 10.9. The van der Waals surface area contributed by atoms with Gasteiger partial charge in [0, 0.05) is 13.1 Å². The molecule has 0 spiro atoms. The Balaban J connectivity index is 1.60. The van der Waals surface area contributed by atoms with Gasteiger partial charge in [0.05, 0.1) is 37.2 Å². The lowest BCUT2D eigenvalue weighted by Gasteiger charge is -2.24. The van der Waals surface area contributed by atoms with Crippen LogP contribution < -0.4 is 10.6 Å². The summed E-state index contributed by atoms with van der Waals surface area (Å²) in [5, 5.41) is 14.7. The van der Waals surface area contributed by atoms with Gasteiger partial charge in [-0.2, -0.15) is 0 Å². The van der Waals surface area contributed by atoms with Crippen molar-refractivity contribution in [1.82, 2.24) is 25.6 Å².